The largest absolute Gasteiger partial charge is 0.468 e. The van der Waals surface area contributed by atoms with Gasteiger partial charge in [0, 0.05) is 17.3 Å². The number of hydrogen-bond acceptors (Lipinski definition) is 8. The summed E-state index contributed by atoms with van der Waals surface area (Å²) in [6.45, 7) is 0. The van der Waals surface area contributed by atoms with Crippen molar-refractivity contribution in [1.82, 2.24) is 19.7 Å². The molecule has 0 saturated heterocycles. The van der Waals surface area contributed by atoms with Crippen LogP contribution >= 0.6 is 0 Å². The first kappa shape index (κ1) is 12.8. The lowest BCUT2D eigenvalue weighted by Crippen LogP contribution is -2.00. The normalized spacial score (nSPS) is 9.80. The summed E-state index contributed by atoms with van der Waals surface area (Å²) in [5, 5.41) is 28.1. The summed E-state index contributed by atoms with van der Waals surface area (Å²) in [5.74, 6) is -1.34. The van der Waals surface area contributed by atoms with Gasteiger partial charge < -0.3 is 10.1 Å². The van der Waals surface area contributed by atoms with Crippen LogP contribution in [-0.2, 0) is 0 Å². The number of nitro groups is 2. The highest BCUT2D eigenvalue weighted by Gasteiger charge is 2.32. The van der Waals surface area contributed by atoms with Gasteiger partial charge in [-0.1, -0.05) is 0 Å². The van der Waals surface area contributed by atoms with Crippen molar-refractivity contribution in [2.24, 2.45) is 5.11 Å². The van der Waals surface area contributed by atoms with Crippen molar-refractivity contribution in [2.75, 3.05) is 0 Å². The molecule has 100 valence electrons. The van der Waals surface area contributed by atoms with Gasteiger partial charge in [0.2, 0.25) is 5.82 Å². The van der Waals surface area contributed by atoms with Gasteiger partial charge in [-0.3, -0.25) is 10.1 Å². The molecule has 0 unspecified atom stereocenters. The van der Waals surface area contributed by atoms with Crippen LogP contribution in [0.4, 0.5) is 17.3 Å². The van der Waals surface area contributed by atoms with Crippen LogP contribution in [0.15, 0.2) is 23.7 Å². The van der Waals surface area contributed by atoms with E-state index in [0.29, 0.717) is 0 Å². The highest BCUT2D eigenvalue weighted by Crippen LogP contribution is 2.27. The first-order valence-electron chi connectivity index (χ1n) is 4.79. The van der Waals surface area contributed by atoms with Gasteiger partial charge in [0.15, 0.2) is 5.82 Å². The first-order chi connectivity index (χ1) is 9.54. The highest BCUT2D eigenvalue weighted by molar-refractivity contribution is 5.51. The van der Waals surface area contributed by atoms with Crippen molar-refractivity contribution in [1.29, 1.82) is 0 Å². The molecule has 13 heteroatoms. The third-order valence-corrected chi connectivity index (χ3v) is 2.06. The number of aromatic nitrogens is 4. The molecule has 0 spiro atoms. The van der Waals surface area contributed by atoms with E-state index in [1.54, 1.807) is 0 Å². The van der Waals surface area contributed by atoms with E-state index in [1.165, 1.54) is 12.4 Å². The van der Waals surface area contributed by atoms with Crippen LogP contribution in [0.3, 0.4) is 0 Å². The van der Waals surface area contributed by atoms with Crippen LogP contribution in [0.5, 0.6) is 0 Å². The lowest BCUT2D eigenvalue weighted by Gasteiger charge is -1.97. The minimum Gasteiger partial charge on any atom is -0.358 e. The maximum absolute atomic E-state index is 10.7. The SMILES string of the molecule is [N-]=[N+]=Nc1nccnc1-n1cc([N+](=O)[O-])c([N+](=O)[O-])n1. The van der Waals surface area contributed by atoms with Gasteiger partial charge in [0.1, 0.15) is 6.20 Å². The van der Waals surface area contributed by atoms with E-state index in [-0.39, 0.29) is 11.6 Å². The third-order valence-electron chi connectivity index (χ3n) is 2.06. The zero-order chi connectivity index (χ0) is 14.7. The Morgan fingerprint density at radius 3 is 2.50 bits per heavy atom. The molecule has 0 N–H and O–H groups in total. The van der Waals surface area contributed by atoms with E-state index >= 15 is 0 Å². The fourth-order valence-corrected chi connectivity index (χ4v) is 1.32. The molecule has 0 aliphatic rings. The molecule has 0 aliphatic heterocycles. The molecule has 0 fully saturated rings. The van der Waals surface area contributed by atoms with Crippen LogP contribution in [-0.4, -0.2) is 29.6 Å². The molecule has 0 aromatic carbocycles. The Morgan fingerprint density at radius 1 is 1.25 bits per heavy atom. The third kappa shape index (κ3) is 2.19. The molecule has 2 rings (SSSR count). The van der Waals surface area contributed by atoms with E-state index in [1.807, 2.05) is 0 Å². The lowest BCUT2D eigenvalue weighted by molar-refractivity contribution is -0.424. The molecule has 0 bridgehead atoms. The van der Waals surface area contributed by atoms with Gasteiger partial charge in [-0.2, -0.15) is 0 Å². The average molecular weight is 277 g/mol. The van der Waals surface area contributed by atoms with Gasteiger partial charge in [-0.25, -0.2) is 9.97 Å². The minimum atomic E-state index is -1.00. The summed E-state index contributed by atoms with van der Waals surface area (Å²) in [5.41, 5.74) is 7.56. The summed E-state index contributed by atoms with van der Waals surface area (Å²) in [6, 6.07) is 0. The molecule has 0 aliphatic carbocycles. The Kier molecular flexibility index (Phi) is 3.18. The molecule has 0 amide bonds. The zero-order valence-corrected chi connectivity index (χ0v) is 9.39. The Labute approximate surface area is 108 Å². The fraction of sp³-hybridized carbons (Fsp3) is 0. The summed E-state index contributed by atoms with van der Waals surface area (Å²) < 4.78 is 0.757. The topological polar surface area (TPSA) is 179 Å². The number of nitrogens with zero attached hydrogens (tertiary/aromatic N) is 9. The smallest absolute Gasteiger partial charge is 0.358 e. The molecular weight excluding hydrogens is 274 g/mol. The van der Waals surface area contributed by atoms with Crippen LogP contribution in [0.25, 0.3) is 16.3 Å². The quantitative estimate of drug-likeness (QED) is 0.266. The summed E-state index contributed by atoms with van der Waals surface area (Å²) in [4.78, 5) is 29.4. The predicted molar refractivity (Wildman–Crippen MR) is 61.3 cm³/mol. The second-order valence-corrected chi connectivity index (χ2v) is 3.19. The molecule has 13 nitrogen and oxygen atoms in total. The summed E-state index contributed by atoms with van der Waals surface area (Å²) in [7, 11) is 0. The molecule has 2 aromatic heterocycles. The molecule has 2 aromatic rings. The van der Waals surface area contributed by atoms with Gasteiger partial charge in [-0.15, -0.1) is 4.68 Å². The van der Waals surface area contributed by atoms with Crippen molar-refractivity contribution in [3.8, 4) is 5.82 Å². The number of hydrogen-bond donors (Lipinski definition) is 0. The number of azide groups is 1. The molecular formula is C7H3N9O4. The van der Waals surface area contributed by atoms with Gasteiger partial charge in [0.05, 0.1) is 10.0 Å². The van der Waals surface area contributed by atoms with Gasteiger partial charge in [0.25, 0.3) is 0 Å². The second kappa shape index (κ2) is 4.95. The molecule has 20 heavy (non-hydrogen) atoms. The van der Waals surface area contributed by atoms with Crippen LogP contribution in [0.2, 0.25) is 0 Å². The second-order valence-electron chi connectivity index (χ2n) is 3.19. The van der Waals surface area contributed by atoms with Crippen molar-refractivity contribution in [3.05, 3.63) is 49.3 Å². The number of rotatable bonds is 4. The average Bonchev–Trinajstić information content (AvgIpc) is 2.85. The van der Waals surface area contributed by atoms with Gasteiger partial charge in [-0.05, 0) is 15.6 Å². The Hall–Kier alpha value is -3.60. The first-order valence-corrected chi connectivity index (χ1v) is 4.79. The van der Waals surface area contributed by atoms with Crippen molar-refractivity contribution in [2.45, 2.75) is 0 Å². The van der Waals surface area contributed by atoms with E-state index < -0.39 is 21.4 Å². The minimum absolute atomic E-state index is 0.165. The van der Waals surface area contributed by atoms with E-state index in [0.717, 1.165) is 10.9 Å². The van der Waals surface area contributed by atoms with E-state index in [4.69, 9.17) is 5.53 Å². The Bertz CT molecular complexity index is 715. The maximum Gasteiger partial charge on any atom is 0.468 e. The summed E-state index contributed by atoms with van der Waals surface area (Å²) in [6.07, 6.45) is 3.23. The van der Waals surface area contributed by atoms with E-state index in [9.17, 15) is 20.2 Å². The lowest BCUT2D eigenvalue weighted by atomic mass is 10.5. The maximum atomic E-state index is 10.7. The monoisotopic (exact) mass is 277 g/mol. The van der Waals surface area contributed by atoms with Crippen molar-refractivity contribution < 1.29 is 9.85 Å². The van der Waals surface area contributed by atoms with Crippen LogP contribution in [0.1, 0.15) is 0 Å². The summed E-state index contributed by atoms with van der Waals surface area (Å²) >= 11 is 0. The zero-order valence-electron chi connectivity index (χ0n) is 9.39. The van der Waals surface area contributed by atoms with Crippen molar-refractivity contribution in [3.63, 3.8) is 0 Å². The van der Waals surface area contributed by atoms with Gasteiger partial charge >= 0.3 is 11.5 Å². The molecule has 2 heterocycles. The fourth-order valence-electron chi connectivity index (χ4n) is 1.32. The Morgan fingerprint density at radius 2 is 1.95 bits per heavy atom. The molecule has 0 saturated carbocycles. The van der Waals surface area contributed by atoms with E-state index in [2.05, 4.69) is 25.1 Å². The standard InChI is InChI=1S/C7H3N9O4/c8-13-11-5-7(10-2-1-9-5)14-3-4(15(17)18)6(12-14)16(19)20/h1-3H. The van der Waals surface area contributed by atoms with Crippen molar-refractivity contribution >= 4 is 17.3 Å². The molecule has 0 atom stereocenters. The Balaban J connectivity index is 2.65. The van der Waals surface area contributed by atoms with Crippen LogP contribution in [0, 0.1) is 20.2 Å². The predicted octanol–water partition coefficient (Wildman–Crippen LogP) is 1.42. The highest BCUT2D eigenvalue weighted by atomic mass is 16.6. The molecule has 0 radical (unpaired) electrons. The van der Waals surface area contributed by atoms with Crippen LogP contribution < -0.4 is 0 Å².